The van der Waals surface area contributed by atoms with E-state index in [0.29, 0.717) is 23.4 Å². The minimum absolute atomic E-state index is 0.508. The molecule has 2 aromatic carbocycles. The number of nitrogens with zero attached hydrogens (tertiary/aromatic N) is 2. The summed E-state index contributed by atoms with van der Waals surface area (Å²) in [5, 5.41) is 21.3. The average Bonchev–Trinajstić information content (AvgIpc) is 2.52. The molecular weight excluding hydrogens is 266 g/mol. The third kappa shape index (κ3) is 3.54. The maximum atomic E-state index is 9.07. The molecule has 4 heteroatoms. The number of thioether (sulfide) groups is 1. The minimum Gasteiger partial charge on any atom is -0.382 e. The number of hydrogen-bond donors (Lipinski definition) is 1. The maximum Gasteiger partial charge on any atom is 0.101 e. The van der Waals surface area contributed by atoms with E-state index < -0.39 is 0 Å². The second-order valence-corrected chi connectivity index (χ2v) is 5.21. The Morgan fingerprint density at radius 1 is 0.900 bits per heavy atom. The van der Waals surface area contributed by atoms with E-state index in [1.807, 2.05) is 18.2 Å². The van der Waals surface area contributed by atoms with Gasteiger partial charge in [0.1, 0.15) is 12.1 Å². The topological polar surface area (TPSA) is 59.6 Å². The largest absolute Gasteiger partial charge is 0.382 e. The Balaban J connectivity index is 1.95. The molecule has 2 aromatic rings. The lowest BCUT2D eigenvalue weighted by molar-refractivity contribution is 1.21. The van der Waals surface area contributed by atoms with Crippen molar-refractivity contribution in [3.8, 4) is 12.1 Å². The first-order valence-electron chi connectivity index (χ1n) is 6.20. The molecule has 20 heavy (non-hydrogen) atoms. The van der Waals surface area contributed by atoms with Gasteiger partial charge in [-0.2, -0.15) is 10.5 Å². The summed E-state index contributed by atoms with van der Waals surface area (Å²) in [5.74, 6) is 0.870. The fraction of sp³-hybridized carbons (Fsp3) is 0.125. The zero-order valence-electron chi connectivity index (χ0n) is 10.8. The highest BCUT2D eigenvalue weighted by atomic mass is 32.2. The van der Waals surface area contributed by atoms with E-state index in [1.54, 1.807) is 30.0 Å². The van der Waals surface area contributed by atoms with E-state index in [-0.39, 0.29) is 0 Å². The predicted octanol–water partition coefficient (Wildman–Crippen LogP) is 3.63. The van der Waals surface area contributed by atoms with Crippen molar-refractivity contribution in [3.05, 3.63) is 59.7 Å². The van der Waals surface area contributed by atoms with Crippen LogP contribution >= 0.6 is 11.8 Å². The van der Waals surface area contributed by atoms with Gasteiger partial charge in [-0.3, -0.25) is 0 Å². The Kier molecular flexibility index (Phi) is 5.06. The lowest BCUT2D eigenvalue weighted by Gasteiger charge is -2.09. The molecule has 0 amide bonds. The molecular formula is C16H13N3S. The van der Waals surface area contributed by atoms with E-state index >= 15 is 0 Å². The number of nitrogens with one attached hydrogen (secondary N) is 1. The van der Waals surface area contributed by atoms with Gasteiger partial charge in [0.05, 0.1) is 16.8 Å². The van der Waals surface area contributed by atoms with Crippen LogP contribution in [0.3, 0.4) is 0 Å². The molecule has 0 spiro atoms. The molecule has 0 aromatic heterocycles. The van der Waals surface area contributed by atoms with Crippen LogP contribution in [0.1, 0.15) is 11.1 Å². The Bertz CT molecular complexity index is 621. The minimum atomic E-state index is 0.508. The monoisotopic (exact) mass is 279 g/mol. The molecule has 0 fully saturated rings. The summed E-state index contributed by atoms with van der Waals surface area (Å²) in [6.45, 7) is 0.701. The summed E-state index contributed by atoms with van der Waals surface area (Å²) in [7, 11) is 0. The van der Waals surface area contributed by atoms with Crippen molar-refractivity contribution in [2.45, 2.75) is 4.90 Å². The standard InChI is InChI=1S/C16H13N3S/c17-11-13-5-4-6-14(12-18)16(13)19-9-10-20-15-7-2-1-3-8-15/h1-8,19H,9-10H2. The SMILES string of the molecule is N#Cc1cccc(C#N)c1NCCSc1ccccc1. The molecule has 0 aliphatic rings. The number of hydrogen-bond acceptors (Lipinski definition) is 4. The molecule has 0 heterocycles. The van der Waals surface area contributed by atoms with Crippen molar-refractivity contribution in [2.75, 3.05) is 17.6 Å². The highest BCUT2D eigenvalue weighted by molar-refractivity contribution is 7.99. The number of nitriles is 2. The molecule has 0 saturated carbocycles. The van der Waals surface area contributed by atoms with Crippen molar-refractivity contribution in [1.29, 1.82) is 10.5 Å². The van der Waals surface area contributed by atoms with Crippen molar-refractivity contribution in [2.24, 2.45) is 0 Å². The van der Waals surface area contributed by atoms with Crippen LogP contribution in [-0.2, 0) is 0 Å². The van der Waals surface area contributed by atoms with Gasteiger partial charge < -0.3 is 5.32 Å². The second-order valence-electron chi connectivity index (χ2n) is 4.04. The molecule has 0 unspecified atom stereocenters. The van der Waals surface area contributed by atoms with Crippen LogP contribution in [0.5, 0.6) is 0 Å². The number of rotatable bonds is 5. The Hall–Kier alpha value is -2.43. The molecule has 0 atom stereocenters. The van der Waals surface area contributed by atoms with Gasteiger partial charge in [-0.15, -0.1) is 11.8 Å². The third-order valence-electron chi connectivity index (χ3n) is 2.72. The number of para-hydroxylation sites is 1. The maximum absolute atomic E-state index is 9.07. The van der Waals surface area contributed by atoms with Crippen molar-refractivity contribution >= 4 is 17.4 Å². The molecule has 0 aliphatic carbocycles. The van der Waals surface area contributed by atoms with E-state index in [1.165, 1.54) is 4.90 Å². The summed E-state index contributed by atoms with van der Waals surface area (Å²) in [5.41, 5.74) is 1.65. The Morgan fingerprint density at radius 2 is 1.55 bits per heavy atom. The van der Waals surface area contributed by atoms with Crippen LogP contribution in [0.4, 0.5) is 5.69 Å². The molecule has 0 aliphatic heterocycles. The highest BCUT2D eigenvalue weighted by Crippen LogP contribution is 2.21. The summed E-state index contributed by atoms with van der Waals surface area (Å²) >= 11 is 1.74. The van der Waals surface area contributed by atoms with Crippen LogP contribution < -0.4 is 5.32 Å². The fourth-order valence-corrected chi connectivity index (χ4v) is 2.58. The lowest BCUT2D eigenvalue weighted by atomic mass is 10.1. The fourth-order valence-electron chi connectivity index (χ4n) is 1.79. The Morgan fingerprint density at radius 3 is 2.15 bits per heavy atom. The van der Waals surface area contributed by atoms with Gasteiger partial charge in [0.25, 0.3) is 0 Å². The third-order valence-corrected chi connectivity index (χ3v) is 3.73. The molecule has 3 nitrogen and oxygen atoms in total. The smallest absolute Gasteiger partial charge is 0.101 e. The first kappa shape index (κ1) is 14.0. The average molecular weight is 279 g/mol. The molecule has 1 N–H and O–H groups in total. The van der Waals surface area contributed by atoms with Crippen LogP contribution in [0.15, 0.2) is 53.4 Å². The van der Waals surface area contributed by atoms with Crippen LogP contribution in [-0.4, -0.2) is 12.3 Å². The quantitative estimate of drug-likeness (QED) is 0.670. The number of anilines is 1. The van der Waals surface area contributed by atoms with Crippen molar-refractivity contribution < 1.29 is 0 Å². The summed E-state index contributed by atoms with van der Waals surface area (Å²) in [6.07, 6.45) is 0. The lowest BCUT2D eigenvalue weighted by Crippen LogP contribution is -2.07. The van der Waals surface area contributed by atoms with Gasteiger partial charge in [0.15, 0.2) is 0 Å². The van der Waals surface area contributed by atoms with Crippen LogP contribution in [0.25, 0.3) is 0 Å². The summed E-state index contributed by atoms with van der Waals surface area (Å²) in [4.78, 5) is 1.21. The first-order valence-corrected chi connectivity index (χ1v) is 7.18. The van der Waals surface area contributed by atoms with Gasteiger partial charge in [0, 0.05) is 17.2 Å². The zero-order valence-corrected chi connectivity index (χ0v) is 11.7. The van der Waals surface area contributed by atoms with E-state index in [2.05, 4.69) is 29.6 Å². The first-order chi connectivity index (χ1) is 9.85. The highest BCUT2D eigenvalue weighted by Gasteiger charge is 2.06. The molecule has 2 rings (SSSR count). The summed E-state index contributed by atoms with van der Waals surface area (Å²) < 4.78 is 0. The molecule has 0 bridgehead atoms. The molecule has 0 saturated heterocycles. The van der Waals surface area contributed by atoms with Crippen molar-refractivity contribution in [1.82, 2.24) is 0 Å². The normalized spacial score (nSPS) is 9.50. The summed E-state index contributed by atoms with van der Waals surface area (Å²) in [6, 6.07) is 19.5. The van der Waals surface area contributed by atoms with Gasteiger partial charge in [-0.1, -0.05) is 24.3 Å². The second kappa shape index (κ2) is 7.23. The van der Waals surface area contributed by atoms with E-state index in [0.717, 1.165) is 5.75 Å². The number of benzene rings is 2. The van der Waals surface area contributed by atoms with Gasteiger partial charge >= 0.3 is 0 Å². The van der Waals surface area contributed by atoms with Gasteiger partial charge in [-0.05, 0) is 24.3 Å². The van der Waals surface area contributed by atoms with Crippen LogP contribution in [0.2, 0.25) is 0 Å². The van der Waals surface area contributed by atoms with E-state index in [4.69, 9.17) is 10.5 Å². The van der Waals surface area contributed by atoms with Crippen LogP contribution in [0, 0.1) is 22.7 Å². The molecule has 98 valence electrons. The van der Waals surface area contributed by atoms with Gasteiger partial charge in [0.2, 0.25) is 0 Å². The Labute approximate surface area is 122 Å². The van der Waals surface area contributed by atoms with E-state index in [9.17, 15) is 0 Å². The zero-order chi connectivity index (χ0) is 14.2. The van der Waals surface area contributed by atoms with Crippen molar-refractivity contribution in [3.63, 3.8) is 0 Å². The molecule has 0 radical (unpaired) electrons. The van der Waals surface area contributed by atoms with Gasteiger partial charge in [-0.25, -0.2) is 0 Å². The predicted molar refractivity (Wildman–Crippen MR) is 81.5 cm³/mol.